The van der Waals surface area contributed by atoms with Gasteiger partial charge in [0.2, 0.25) is 10.0 Å². The van der Waals surface area contributed by atoms with Gasteiger partial charge in [-0.2, -0.15) is 4.31 Å². The quantitative estimate of drug-likeness (QED) is 0.828. The number of ether oxygens (including phenoxy) is 1. The normalized spacial score (nSPS) is 18.8. The Hall–Kier alpha value is -0.890. The molecule has 1 aliphatic heterocycles. The van der Waals surface area contributed by atoms with Crippen molar-refractivity contribution >= 4 is 10.0 Å². The largest absolute Gasteiger partial charge is 0.381 e. The average molecular weight is 287 g/mol. The highest BCUT2D eigenvalue weighted by atomic mass is 32.2. The number of nitrogens with zero attached hydrogens (tertiary/aromatic N) is 1. The standard InChI is InChI=1S/C12H21N3O3S/c1-13-8-10-7-12(9-14-10)19(16,17)15-5-3-11(18-2)4-6-15/h7,9,11,13-14H,3-6,8H2,1-2H3. The maximum atomic E-state index is 12.4. The Bertz CT molecular complexity index is 504. The van der Waals surface area contributed by atoms with E-state index in [1.807, 2.05) is 7.05 Å². The lowest BCUT2D eigenvalue weighted by Crippen LogP contribution is -2.40. The number of hydrogen-bond acceptors (Lipinski definition) is 4. The number of rotatable bonds is 5. The maximum Gasteiger partial charge on any atom is 0.244 e. The summed E-state index contributed by atoms with van der Waals surface area (Å²) < 4.78 is 31.7. The van der Waals surface area contributed by atoms with Crippen LogP contribution in [0.4, 0.5) is 0 Å². The third-order valence-electron chi connectivity index (χ3n) is 3.46. The predicted octanol–water partition coefficient (Wildman–Crippen LogP) is 0.534. The van der Waals surface area contributed by atoms with E-state index in [4.69, 9.17) is 4.74 Å². The molecule has 1 aromatic heterocycles. The van der Waals surface area contributed by atoms with Gasteiger partial charge in [-0.25, -0.2) is 8.42 Å². The van der Waals surface area contributed by atoms with E-state index >= 15 is 0 Å². The van der Waals surface area contributed by atoms with E-state index in [-0.39, 0.29) is 6.10 Å². The lowest BCUT2D eigenvalue weighted by atomic mass is 10.1. The SMILES string of the molecule is CNCc1cc(S(=O)(=O)N2CCC(OC)CC2)c[nH]1. The molecule has 0 aromatic carbocycles. The highest BCUT2D eigenvalue weighted by Crippen LogP contribution is 2.22. The van der Waals surface area contributed by atoms with Crippen molar-refractivity contribution in [3.63, 3.8) is 0 Å². The van der Waals surface area contributed by atoms with Crippen LogP contribution >= 0.6 is 0 Å². The van der Waals surface area contributed by atoms with Crippen LogP contribution in [0.5, 0.6) is 0 Å². The molecule has 0 saturated carbocycles. The van der Waals surface area contributed by atoms with Crippen molar-refractivity contribution in [1.29, 1.82) is 0 Å². The summed E-state index contributed by atoms with van der Waals surface area (Å²) in [4.78, 5) is 3.32. The molecular formula is C12H21N3O3S. The van der Waals surface area contributed by atoms with Crippen LogP contribution in [-0.2, 0) is 21.3 Å². The van der Waals surface area contributed by atoms with Gasteiger partial charge in [-0.15, -0.1) is 0 Å². The van der Waals surface area contributed by atoms with Crippen LogP contribution < -0.4 is 5.32 Å². The Kier molecular flexibility index (Phi) is 4.62. The number of aromatic nitrogens is 1. The van der Waals surface area contributed by atoms with Crippen LogP contribution in [0.2, 0.25) is 0 Å². The van der Waals surface area contributed by atoms with Gasteiger partial charge in [0.1, 0.15) is 0 Å². The highest BCUT2D eigenvalue weighted by Gasteiger charge is 2.29. The van der Waals surface area contributed by atoms with Crippen molar-refractivity contribution in [3.05, 3.63) is 18.0 Å². The molecule has 1 saturated heterocycles. The molecule has 108 valence electrons. The number of sulfonamides is 1. The Morgan fingerprint density at radius 3 is 2.74 bits per heavy atom. The van der Waals surface area contributed by atoms with E-state index in [0.29, 0.717) is 24.5 Å². The summed E-state index contributed by atoms with van der Waals surface area (Å²) in [6.45, 7) is 1.67. The zero-order chi connectivity index (χ0) is 13.9. The summed E-state index contributed by atoms with van der Waals surface area (Å²) in [7, 11) is 0.123. The van der Waals surface area contributed by atoms with Gasteiger partial charge in [-0.05, 0) is 26.0 Å². The van der Waals surface area contributed by atoms with E-state index in [1.54, 1.807) is 19.4 Å². The maximum absolute atomic E-state index is 12.4. The van der Waals surface area contributed by atoms with Crippen molar-refractivity contribution in [1.82, 2.24) is 14.6 Å². The van der Waals surface area contributed by atoms with Crippen LogP contribution in [0.25, 0.3) is 0 Å². The summed E-state index contributed by atoms with van der Waals surface area (Å²) >= 11 is 0. The lowest BCUT2D eigenvalue weighted by Gasteiger charge is -2.30. The van der Waals surface area contributed by atoms with Crippen LogP contribution in [0.3, 0.4) is 0 Å². The second-order valence-electron chi connectivity index (χ2n) is 4.73. The molecule has 2 rings (SSSR count). The first-order valence-electron chi connectivity index (χ1n) is 6.42. The topological polar surface area (TPSA) is 74.4 Å². The molecule has 6 nitrogen and oxygen atoms in total. The molecule has 0 radical (unpaired) electrons. The number of piperidine rings is 1. The fourth-order valence-electron chi connectivity index (χ4n) is 2.32. The molecule has 0 spiro atoms. The minimum Gasteiger partial charge on any atom is -0.381 e. The van der Waals surface area contributed by atoms with Crippen LogP contribution in [-0.4, -0.2) is 51.1 Å². The number of nitrogens with one attached hydrogen (secondary N) is 2. The van der Waals surface area contributed by atoms with Crippen molar-refractivity contribution in [2.45, 2.75) is 30.4 Å². The minimum atomic E-state index is -3.37. The first-order chi connectivity index (χ1) is 9.07. The van der Waals surface area contributed by atoms with E-state index in [9.17, 15) is 8.42 Å². The van der Waals surface area contributed by atoms with Gasteiger partial charge in [0.15, 0.2) is 0 Å². The van der Waals surface area contributed by atoms with Crippen LogP contribution in [0.15, 0.2) is 17.2 Å². The van der Waals surface area contributed by atoms with E-state index in [0.717, 1.165) is 18.5 Å². The molecule has 19 heavy (non-hydrogen) atoms. The number of methoxy groups -OCH3 is 1. The highest BCUT2D eigenvalue weighted by molar-refractivity contribution is 7.89. The summed E-state index contributed by atoms with van der Waals surface area (Å²) in [6, 6.07) is 1.69. The molecule has 0 atom stereocenters. The smallest absolute Gasteiger partial charge is 0.244 e. The molecular weight excluding hydrogens is 266 g/mol. The molecule has 0 unspecified atom stereocenters. The van der Waals surface area contributed by atoms with Gasteiger partial charge < -0.3 is 15.0 Å². The van der Waals surface area contributed by atoms with Gasteiger partial charge >= 0.3 is 0 Å². The third-order valence-corrected chi connectivity index (χ3v) is 5.33. The Labute approximate surface area is 114 Å². The molecule has 1 fully saturated rings. The molecule has 2 heterocycles. The Balaban J connectivity index is 2.09. The molecule has 1 aliphatic rings. The molecule has 2 N–H and O–H groups in total. The van der Waals surface area contributed by atoms with Gasteiger partial charge in [0.25, 0.3) is 0 Å². The summed E-state index contributed by atoms with van der Waals surface area (Å²) in [5.41, 5.74) is 0.868. The summed E-state index contributed by atoms with van der Waals surface area (Å²) in [5.74, 6) is 0. The fraction of sp³-hybridized carbons (Fsp3) is 0.667. The monoisotopic (exact) mass is 287 g/mol. The first-order valence-corrected chi connectivity index (χ1v) is 7.86. The second kappa shape index (κ2) is 6.04. The van der Waals surface area contributed by atoms with Crippen LogP contribution in [0, 0.1) is 0 Å². The van der Waals surface area contributed by atoms with E-state index < -0.39 is 10.0 Å². The first kappa shape index (κ1) is 14.5. The van der Waals surface area contributed by atoms with Gasteiger partial charge in [-0.1, -0.05) is 0 Å². The lowest BCUT2D eigenvalue weighted by molar-refractivity contribution is 0.0604. The van der Waals surface area contributed by atoms with Crippen molar-refractivity contribution in [2.24, 2.45) is 0 Å². The zero-order valence-electron chi connectivity index (χ0n) is 11.3. The van der Waals surface area contributed by atoms with Gasteiger partial charge in [0, 0.05) is 38.6 Å². The second-order valence-corrected chi connectivity index (χ2v) is 6.67. The molecule has 1 aromatic rings. The number of hydrogen-bond donors (Lipinski definition) is 2. The fourth-order valence-corrected chi connectivity index (χ4v) is 3.81. The number of aromatic amines is 1. The predicted molar refractivity (Wildman–Crippen MR) is 72.3 cm³/mol. The average Bonchev–Trinajstić information content (AvgIpc) is 2.89. The zero-order valence-corrected chi connectivity index (χ0v) is 12.2. The molecule has 0 aliphatic carbocycles. The van der Waals surface area contributed by atoms with E-state index in [2.05, 4.69) is 10.3 Å². The Morgan fingerprint density at radius 2 is 2.16 bits per heavy atom. The van der Waals surface area contributed by atoms with Crippen molar-refractivity contribution in [2.75, 3.05) is 27.2 Å². The van der Waals surface area contributed by atoms with Crippen molar-refractivity contribution in [3.8, 4) is 0 Å². The van der Waals surface area contributed by atoms with E-state index in [1.165, 1.54) is 4.31 Å². The van der Waals surface area contributed by atoms with Gasteiger partial charge in [0.05, 0.1) is 11.0 Å². The van der Waals surface area contributed by atoms with Crippen molar-refractivity contribution < 1.29 is 13.2 Å². The van der Waals surface area contributed by atoms with Gasteiger partial charge in [-0.3, -0.25) is 0 Å². The summed E-state index contributed by atoms with van der Waals surface area (Å²) in [6.07, 6.45) is 3.25. The number of H-pyrrole nitrogens is 1. The molecule has 0 bridgehead atoms. The Morgan fingerprint density at radius 1 is 1.47 bits per heavy atom. The molecule has 0 amide bonds. The minimum absolute atomic E-state index is 0.178. The third kappa shape index (κ3) is 3.17. The summed E-state index contributed by atoms with van der Waals surface area (Å²) in [5, 5.41) is 2.99. The van der Waals surface area contributed by atoms with Crippen LogP contribution in [0.1, 0.15) is 18.5 Å². The molecule has 7 heteroatoms.